The standard InChI is InChI=1S/C18H27N2O5PS2/c1-6-7-8-14(2)28-26(23,19(3)13-27)20(4)17(21)18(22)25-16-11-9-15(24-5)10-12-16/h9-14H,6-8H2,1-5H3. The van der Waals surface area contributed by atoms with E-state index in [1.807, 2.05) is 6.92 Å². The molecule has 10 heteroatoms. The lowest BCUT2D eigenvalue weighted by molar-refractivity contribution is -0.150. The number of amides is 1. The maximum atomic E-state index is 13.6. The Morgan fingerprint density at radius 3 is 2.32 bits per heavy atom. The van der Waals surface area contributed by atoms with E-state index in [4.69, 9.17) is 21.7 Å². The molecule has 0 aliphatic rings. The maximum absolute atomic E-state index is 13.6. The molecule has 0 saturated carbocycles. The molecule has 1 amide bonds. The summed E-state index contributed by atoms with van der Waals surface area (Å²) in [6, 6.07) is 6.22. The molecule has 0 fully saturated rings. The Morgan fingerprint density at radius 2 is 1.82 bits per heavy atom. The quantitative estimate of drug-likeness (QED) is 0.172. The van der Waals surface area contributed by atoms with Gasteiger partial charge in [0.1, 0.15) is 11.5 Å². The number of benzene rings is 1. The summed E-state index contributed by atoms with van der Waals surface area (Å²) in [6.45, 7) is 0.545. The molecule has 0 aromatic heterocycles. The van der Waals surface area contributed by atoms with Crippen molar-refractivity contribution in [1.82, 2.24) is 9.34 Å². The van der Waals surface area contributed by atoms with Crippen LogP contribution in [0.3, 0.4) is 0 Å². The first-order chi connectivity index (χ1) is 13.2. The number of hydrogen-bond acceptors (Lipinski definition) is 7. The minimum Gasteiger partial charge on any atom is -0.497 e. The van der Waals surface area contributed by atoms with Crippen LogP contribution in [0.4, 0.5) is 0 Å². The summed E-state index contributed by atoms with van der Waals surface area (Å²) in [4.78, 5) is 24.9. The second-order valence-corrected chi connectivity index (χ2v) is 11.6. The van der Waals surface area contributed by atoms with E-state index < -0.39 is 18.5 Å². The van der Waals surface area contributed by atoms with Gasteiger partial charge >= 0.3 is 18.5 Å². The third-order valence-electron chi connectivity index (χ3n) is 3.95. The number of hydrogen-bond donors (Lipinski definition) is 0. The van der Waals surface area contributed by atoms with Crippen molar-refractivity contribution >= 4 is 47.6 Å². The molecule has 0 bridgehead atoms. The van der Waals surface area contributed by atoms with Gasteiger partial charge in [0.2, 0.25) is 0 Å². The highest BCUT2D eigenvalue weighted by Crippen LogP contribution is 2.64. The average molecular weight is 447 g/mol. The lowest BCUT2D eigenvalue weighted by Crippen LogP contribution is -2.37. The number of carbonyl (C=O) groups excluding carboxylic acids is 2. The number of likely N-dealkylation sites (N-methyl/N-ethyl adjacent to an activating group) is 1. The molecule has 0 aliphatic heterocycles. The van der Waals surface area contributed by atoms with Crippen LogP contribution in [0.5, 0.6) is 11.5 Å². The zero-order valence-corrected chi connectivity index (χ0v) is 19.3. The van der Waals surface area contributed by atoms with Crippen molar-refractivity contribution < 1.29 is 23.6 Å². The van der Waals surface area contributed by atoms with E-state index in [0.717, 1.165) is 35.3 Å². The molecule has 2 unspecified atom stereocenters. The van der Waals surface area contributed by atoms with E-state index in [2.05, 4.69) is 6.92 Å². The Hall–Kier alpha value is -1.57. The fourth-order valence-electron chi connectivity index (χ4n) is 2.24. The molecule has 1 aromatic carbocycles. The molecule has 0 N–H and O–H groups in total. The minimum atomic E-state index is -3.47. The van der Waals surface area contributed by atoms with Crippen molar-refractivity contribution in [1.29, 1.82) is 0 Å². The van der Waals surface area contributed by atoms with Gasteiger partial charge in [-0.15, -0.1) is 0 Å². The highest BCUT2D eigenvalue weighted by molar-refractivity contribution is 8.57. The number of unbranched alkanes of at least 4 members (excludes halogenated alkanes) is 1. The third-order valence-corrected chi connectivity index (χ3v) is 10.6. The van der Waals surface area contributed by atoms with Gasteiger partial charge in [-0.25, -0.2) is 4.79 Å². The number of methoxy groups -OCH3 is 1. The number of nitrogens with zero attached hydrogens (tertiary/aromatic N) is 2. The molecule has 2 atom stereocenters. The summed E-state index contributed by atoms with van der Waals surface area (Å²) in [7, 11) is 4.38. The van der Waals surface area contributed by atoms with E-state index in [9.17, 15) is 14.2 Å². The van der Waals surface area contributed by atoms with E-state index in [1.165, 1.54) is 43.5 Å². The highest BCUT2D eigenvalue weighted by atomic mass is 32.7. The molecule has 0 aliphatic carbocycles. The van der Waals surface area contributed by atoms with Crippen molar-refractivity contribution in [2.24, 2.45) is 0 Å². The number of esters is 1. The van der Waals surface area contributed by atoms with E-state index in [-0.39, 0.29) is 11.0 Å². The predicted octanol–water partition coefficient (Wildman–Crippen LogP) is 4.37. The van der Waals surface area contributed by atoms with Crippen molar-refractivity contribution in [3.63, 3.8) is 0 Å². The van der Waals surface area contributed by atoms with Gasteiger partial charge in [-0.2, -0.15) is 0 Å². The summed E-state index contributed by atoms with van der Waals surface area (Å²) in [6.07, 6.45) is 2.84. The number of thiocarbonyl (C=S) groups is 1. The SMILES string of the molecule is CCCCC(C)SP(=O)(N(C)C=S)N(C)C(=O)C(=O)Oc1ccc(OC)cc1. The average Bonchev–Trinajstić information content (AvgIpc) is 2.70. The van der Waals surface area contributed by atoms with Crippen LogP contribution in [0, 0.1) is 0 Å². The van der Waals surface area contributed by atoms with Crippen LogP contribution in [0.15, 0.2) is 24.3 Å². The van der Waals surface area contributed by atoms with Crippen molar-refractivity contribution in [3.05, 3.63) is 24.3 Å². The number of rotatable bonds is 10. The molecule has 1 aromatic rings. The molecule has 28 heavy (non-hydrogen) atoms. The lowest BCUT2D eigenvalue weighted by Gasteiger charge is -2.33. The second kappa shape index (κ2) is 11.4. The first-order valence-electron chi connectivity index (χ1n) is 8.81. The molecule has 0 spiro atoms. The van der Waals surface area contributed by atoms with Gasteiger partial charge < -0.3 is 9.47 Å². The molecule has 0 radical (unpaired) electrons. The summed E-state index contributed by atoms with van der Waals surface area (Å²) in [5.74, 6) is -1.34. The van der Waals surface area contributed by atoms with Crippen molar-refractivity contribution in [3.8, 4) is 11.5 Å². The maximum Gasteiger partial charge on any atom is 0.402 e. The van der Waals surface area contributed by atoms with Gasteiger partial charge in [0.25, 0.3) is 0 Å². The summed E-state index contributed by atoms with van der Waals surface area (Å²) in [5, 5.41) is 0.0241. The predicted molar refractivity (Wildman–Crippen MR) is 117 cm³/mol. The van der Waals surface area contributed by atoms with Gasteiger partial charge in [-0.05, 0) is 30.7 Å². The summed E-state index contributed by atoms with van der Waals surface area (Å²) in [5.41, 5.74) is 1.22. The molecular weight excluding hydrogens is 419 g/mol. The second-order valence-electron chi connectivity index (χ2n) is 6.12. The van der Waals surface area contributed by atoms with Gasteiger partial charge in [0.05, 0.1) is 12.6 Å². The Kier molecular flexibility index (Phi) is 9.99. The van der Waals surface area contributed by atoms with E-state index in [1.54, 1.807) is 12.1 Å². The topological polar surface area (TPSA) is 76.2 Å². The minimum absolute atomic E-state index is 0.0241. The number of ether oxygens (including phenoxy) is 2. The van der Waals surface area contributed by atoms with E-state index in [0.29, 0.717) is 5.75 Å². The van der Waals surface area contributed by atoms with Crippen LogP contribution in [0.2, 0.25) is 0 Å². The van der Waals surface area contributed by atoms with Crippen LogP contribution in [0.1, 0.15) is 33.1 Å². The zero-order chi connectivity index (χ0) is 21.3. The first-order valence-corrected chi connectivity index (χ1v) is 12.4. The smallest absolute Gasteiger partial charge is 0.402 e. The van der Waals surface area contributed by atoms with Crippen LogP contribution in [-0.4, -0.2) is 53.2 Å². The van der Waals surface area contributed by atoms with Crippen LogP contribution >= 0.6 is 30.2 Å². The molecule has 1 rings (SSSR count). The van der Waals surface area contributed by atoms with Crippen LogP contribution in [-0.2, 0) is 14.2 Å². The normalized spacial score (nSPS) is 13.8. The Bertz CT molecular complexity index is 729. The van der Waals surface area contributed by atoms with Gasteiger partial charge in [0.15, 0.2) is 0 Å². The monoisotopic (exact) mass is 446 g/mol. The molecule has 156 valence electrons. The fraction of sp³-hybridized carbons (Fsp3) is 0.500. The van der Waals surface area contributed by atoms with Gasteiger partial charge in [-0.3, -0.25) is 18.7 Å². The zero-order valence-electron chi connectivity index (χ0n) is 16.8. The Labute approximate surface area is 176 Å². The Balaban J connectivity index is 2.94. The molecule has 0 saturated heterocycles. The lowest BCUT2D eigenvalue weighted by atomic mass is 10.2. The summed E-state index contributed by atoms with van der Waals surface area (Å²) >= 11 is 6.06. The number of carbonyl (C=O) groups is 2. The van der Waals surface area contributed by atoms with E-state index >= 15 is 0 Å². The van der Waals surface area contributed by atoms with Crippen molar-refractivity contribution in [2.45, 2.75) is 38.4 Å². The first kappa shape index (κ1) is 24.5. The fourth-order valence-corrected chi connectivity index (χ4v) is 7.64. The summed E-state index contributed by atoms with van der Waals surface area (Å²) < 4.78 is 26.0. The van der Waals surface area contributed by atoms with Gasteiger partial charge in [0, 0.05) is 19.3 Å². The molecule has 0 heterocycles. The Morgan fingerprint density at radius 1 is 1.25 bits per heavy atom. The van der Waals surface area contributed by atoms with Crippen LogP contribution in [0.25, 0.3) is 0 Å². The molecule has 7 nitrogen and oxygen atoms in total. The highest BCUT2D eigenvalue weighted by Gasteiger charge is 2.40. The van der Waals surface area contributed by atoms with Gasteiger partial charge in [-0.1, -0.05) is 50.3 Å². The van der Waals surface area contributed by atoms with Crippen molar-refractivity contribution in [2.75, 3.05) is 21.2 Å². The van der Waals surface area contributed by atoms with Crippen LogP contribution < -0.4 is 9.47 Å². The third kappa shape index (κ3) is 6.50. The molecular formula is C18H27N2O5PS2. The largest absolute Gasteiger partial charge is 0.497 e.